The van der Waals surface area contributed by atoms with Crippen LogP contribution in [0.2, 0.25) is 0 Å². The van der Waals surface area contributed by atoms with Gasteiger partial charge in [0, 0.05) is 12.2 Å². The zero-order valence-electron chi connectivity index (χ0n) is 46.5. The van der Waals surface area contributed by atoms with Gasteiger partial charge < -0.3 is 10.2 Å². The van der Waals surface area contributed by atoms with Crippen molar-refractivity contribution < 1.29 is 19.8 Å². The van der Waals surface area contributed by atoms with Crippen LogP contribution in [0.3, 0.4) is 0 Å². The molecule has 0 radical (unpaired) electrons. The van der Waals surface area contributed by atoms with Crippen molar-refractivity contribution in [2.75, 3.05) is 0 Å². The average molecular weight is 968 g/mol. The monoisotopic (exact) mass is 967 g/mol. The molecule has 0 aliphatic carbocycles. The summed E-state index contributed by atoms with van der Waals surface area (Å²) < 4.78 is 0. The second-order valence-corrected chi connectivity index (χ2v) is 21.8. The first kappa shape index (κ1) is 67.2. The SMILES string of the molecule is O=C(O)C=CCCCCCCC=CCCCCCCCCCCCCCCCCCCCCCCCCCCCCCCCCCCCCCCCCCCCCCCCCCCCC=CC(=O)O. The number of carboxylic acids is 2. The van der Waals surface area contributed by atoms with Gasteiger partial charge in [0.25, 0.3) is 0 Å². The highest BCUT2D eigenvalue weighted by atomic mass is 16.4. The molecule has 0 bridgehead atoms. The van der Waals surface area contributed by atoms with Crippen molar-refractivity contribution in [3.05, 3.63) is 36.5 Å². The van der Waals surface area contributed by atoms with Crippen LogP contribution >= 0.6 is 0 Å². The van der Waals surface area contributed by atoms with Crippen molar-refractivity contribution in [1.29, 1.82) is 0 Å². The second kappa shape index (κ2) is 62.3. The van der Waals surface area contributed by atoms with Gasteiger partial charge in [-0.2, -0.15) is 0 Å². The molecule has 4 nitrogen and oxygen atoms in total. The number of hydrogen-bond donors (Lipinski definition) is 2. The van der Waals surface area contributed by atoms with Crippen molar-refractivity contribution in [1.82, 2.24) is 0 Å². The summed E-state index contributed by atoms with van der Waals surface area (Å²) in [7, 11) is 0. The fraction of sp³-hybridized carbons (Fsp3) is 0.877. The van der Waals surface area contributed by atoms with E-state index in [2.05, 4.69) is 12.2 Å². The van der Waals surface area contributed by atoms with E-state index in [1.54, 1.807) is 12.2 Å². The third-order valence-corrected chi connectivity index (χ3v) is 14.9. The molecule has 406 valence electrons. The Balaban J connectivity index is 3.11. The second-order valence-electron chi connectivity index (χ2n) is 21.8. The summed E-state index contributed by atoms with van der Waals surface area (Å²) in [6.45, 7) is 0. The standard InChI is InChI=1S/C65H122O4/c66-64(67)62-60-58-56-54-52-50-48-46-44-42-40-38-36-34-32-30-28-26-24-22-20-18-16-14-12-10-8-6-4-2-1-3-5-7-9-11-13-15-17-19-21-23-25-27-29-31-33-35-37-39-41-43-45-47-49-51-53-55-57-59-61-63-65(68)69/h44,46,60-63H,1-43,45,47-59H2,(H,66,67)(H,68,69). The van der Waals surface area contributed by atoms with Gasteiger partial charge >= 0.3 is 11.9 Å². The Morgan fingerprint density at radius 2 is 0.275 bits per heavy atom. The van der Waals surface area contributed by atoms with Crippen molar-refractivity contribution in [3.63, 3.8) is 0 Å². The maximum Gasteiger partial charge on any atom is 0.327 e. The van der Waals surface area contributed by atoms with Crippen LogP contribution in [-0.4, -0.2) is 22.2 Å². The lowest BCUT2D eigenvalue weighted by Gasteiger charge is -2.05. The van der Waals surface area contributed by atoms with E-state index < -0.39 is 11.9 Å². The number of carbonyl (C=O) groups is 2. The maximum absolute atomic E-state index is 10.4. The number of aliphatic carboxylic acids is 2. The third-order valence-electron chi connectivity index (χ3n) is 14.9. The number of unbranched alkanes of at least 4 members (excludes halogenated alkanes) is 55. The van der Waals surface area contributed by atoms with Crippen LogP contribution in [0.15, 0.2) is 36.5 Å². The first-order valence-corrected chi connectivity index (χ1v) is 31.6. The number of allylic oxidation sites excluding steroid dienone is 4. The van der Waals surface area contributed by atoms with E-state index in [0.29, 0.717) is 0 Å². The first-order chi connectivity index (χ1) is 34.1. The van der Waals surface area contributed by atoms with Crippen LogP contribution in [0.5, 0.6) is 0 Å². The summed E-state index contributed by atoms with van der Waals surface area (Å²) in [5.74, 6) is -1.67. The van der Waals surface area contributed by atoms with Crippen LogP contribution in [0, 0.1) is 0 Å². The van der Waals surface area contributed by atoms with Crippen LogP contribution in [0.25, 0.3) is 0 Å². The molecule has 0 heterocycles. The highest BCUT2D eigenvalue weighted by Crippen LogP contribution is 2.19. The van der Waals surface area contributed by atoms with Crippen LogP contribution in [-0.2, 0) is 9.59 Å². The van der Waals surface area contributed by atoms with Gasteiger partial charge in [-0.25, -0.2) is 9.59 Å². The molecule has 0 fully saturated rings. The molecule has 0 atom stereocenters. The fourth-order valence-corrected chi connectivity index (χ4v) is 10.3. The molecule has 0 spiro atoms. The Bertz CT molecular complexity index is 1080. The van der Waals surface area contributed by atoms with Gasteiger partial charge in [0.05, 0.1) is 0 Å². The molecule has 0 saturated carbocycles. The summed E-state index contributed by atoms with van der Waals surface area (Å²) in [4.78, 5) is 20.9. The van der Waals surface area contributed by atoms with Crippen molar-refractivity contribution >= 4 is 11.9 Å². The molecule has 69 heavy (non-hydrogen) atoms. The zero-order chi connectivity index (χ0) is 49.7. The minimum Gasteiger partial charge on any atom is -0.478 e. The van der Waals surface area contributed by atoms with E-state index in [9.17, 15) is 9.59 Å². The summed E-state index contributed by atoms with van der Waals surface area (Å²) in [6.07, 6.45) is 90.4. The van der Waals surface area contributed by atoms with Crippen LogP contribution in [0.1, 0.15) is 366 Å². The number of rotatable bonds is 61. The smallest absolute Gasteiger partial charge is 0.327 e. The number of hydrogen-bond acceptors (Lipinski definition) is 2. The van der Waals surface area contributed by atoms with E-state index in [4.69, 9.17) is 10.2 Å². The van der Waals surface area contributed by atoms with Gasteiger partial charge in [0.2, 0.25) is 0 Å². The normalized spacial score (nSPS) is 11.9. The zero-order valence-corrected chi connectivity index (χ0v) is 46.5. The Morgan fingerprint density at radius 1 is 0.174 bits per heavy atom. The predicted molar refractivity (Wildman–Crippen MR) is 306 cm³/mol. The molecular formula is C65H122O4. The highest BCUT2D eigenvalue weighted by molar-refractivity contribution is 5.79. The van der Waals surface area contributed by atoms with Crippen molar-refractivity contribution in [3.8, 4) is 0 Å². The molecule has 0 aliphatic rings. The molecule has 2 N–H and O–H groups in total. The summed E-state index contributed by atoms with van der Waals surface area (Å²) in [6, 6.07) is 0. The fourth-order valence-electron chi connectivity index (χ4n) is 10.3. The minimum atomic E-state index is -0.837. The average Bonchev–Trinajstić information content (AvgIpc) is 3.34. The lowest BCUT2D eigenvalue weighted by atomic mass is 10.0. The Morgan fingerprint density at radius 3 is 0.391 bits per heavy atom. The van der Waals surface area contributed by atoms with E-state index in [-0.39, 0.29) is 0 Å². The van der Waals surface area contributed by atoms with Crippen LogP contribution < -0.4 is 0 Å². The van der Waals surface area contributed by atoms with Crippen molar-refractivity contribution in [2.45, 2.75) is 366 Å². The van der Waals surface area contributed by atoms with Gasteiger partial charge in [-0.15, -0.1) is 0 Å². The van der Waals surface area contributed by atoms with Gasteiger partial charge in [-0.05, 0) is 51.4 Å². The highest BCUT2D eigenvalue weighted by Gasteiger charge is 2.00. The van der Waals surface area contributed by atoms with Gasteiger partial charge in [-0.1, -0.05) is 339 Å². The molecule has 0 saturated heterocycles. The lowest BCUT2D eigenvalue weighted by molar-refractivity contribution is -0.132. The molecule has 0 aromatic heterocycles. The van der Waals surface area contributed by atoms with Gasteiger partial charge in [0.1, 0.15) is 0 Å². The van der Waals surface area contributed by atoms with E-state index in [1.807, 2.05) is 0 Å². The molecule has 0 unspecified atom stereocenters. The lowest BCUT2D eigenvalue weighted by Crippen LogP contribution is -1.86. The molecule has 0 aromatic rings. The Labute approximate surface area is 432 Å². The topological polar surface area (TPSA) is 74.6 Å². The van der Waals surface area contributed by atoms with E-state index in [0.717, 1.165) is 25.7 Å². The van der Waals surface area contributed by atoms with Gasteiger partial charge in [-0.3, -0.25) is 0 Å². The predicted octanol–water partition coefficient (Wildman–Crippen LogP) is 23.1. The van der Waals surface area contributed by atoms with Gasteiger partial charge in [0.15, 0.2) is 0 Å². The van der Waals surface area contributed by atoms with E-state index in [1.165, 1.54) is 352 Å². The molecule has 0 aromatic carbocycles. The van der Waals surface area contributed by atoms with Crippen molar-refractivity contribution in [2.24, 2.45) is 0 Å². The maximum atomic E-state index is 10.4. The first-order valence-electron chi connectivity index (χ1n) is 31.6. The Kier molecular flexibility index (Phi) is 60.6. The van der Waals surface area contributed by atoms with Crippen LogP contribution in [0.4, 0.5) is 0 Å². The molecule has 4 heteroatoms. The summed E-state index contributed by atoms with van der Waals surface area (Å²) >= 11 is 0. The summed E-state index contributed by atoms with van der Waals surface area (Å²) in [5.41, 5.74) is 0. The molecular weight excluding hydrogens is 845 g/mol. The number of carboxylic acid groups (broad SMARTS) is 2. The summed E-state index contributed by atoms with van der Waals surface area (Å²) in [5, 5.41) is 17.2. The molecule has 0 aliphatic heterocycles. The molecule has 0 rings (SSSR count). The molecule has 0 amide bonds. The minimum absolute atomic E-state index is 0.828. The largest absolute Gasteiger partial charge is 0.478 e. The quantitative estimate of drug-likeness (QED) is 0.0362. The third kappa shape index (κ3) is 66.2. The Hall–Kier alpha value is -1.84. The van der Waals surface area contributed by atoms with E-state index >= 15 is 0 Å².